The molecule has 0 aromatic carbocycles. The highest BCUT2D eigenvalue weighted by atomic mass is 14.3. The Balaban J connectivity index is 5.74. The van der Waals surface area contributed by atoms with E-state index < -0.39 is 0 Å². The third kappa shape index (κ3) is 3.85. The minimum absolute atomic E-state index is 0.857. The van der Waals surface area contributed by atoms with Gasteiger partial charge in [-0.05, 0) is 50.0 Å². The lowest BCUT2D eigenvalue weighted by atomic mass is 9.93. The van der Waals surface area contributed by atoms with Gasteiger partial charge in [-0.25, -0.2) is 0 Å². The van der Waals surface area contributed by atoms with Gasteiger partial charge in [0, 0.05) is 6.21 Å². The first kappa shape index (κ1) is 14.4. The van der Waals surface area contributed by atoms with Crippen molar-refractivity contribution in [3.8, 4) is 0 Å². The Kier molecular flexibility index (Phi) is 5.44. The maximum absolute atomic E-state index is 7.41. The smallest absolute Gasteiger partial charge is 0.0255 e. The lowest BCUT2D eigenvalue weighted by Gasteiger charge is -2.12. The Morgan fingerprint density at radius 1 is 0.938 bits per heavy atom. The second-order valence-corrected chi connectivity index (χ2v) is 4.15. The van der Waals surface area contributed by atoms with Crippen molar-refractivity contribution in [2.75, 3.05) is 0 Å². The summed E-state index contributed by atoms with van der Waals surface area (Å²) >= 11 is 0. The first-order valence-electron chi connectivity index (χ1n) is 5.22. The normalized spacial score (nSPS) is 12.9. The van der Waals surface area contributed by atoms with Crippen molar-refractivity contribution in [3.63, 3.8) is 0 Å². The van der Waals surface area contributed by atoms with E-state index >= 15 is 0 Å². The van der Waals surface area contributed by atoms with Gasteiger partial charge in [0.2, 0.25) is 0 Å². The van der Waals surface area contributed by atoms with Crippen LogP contribution in [0.15, 0.2) is 59.3 Å². The highest BCUT2D eigenvalue weighted by molar-refractivity contribution is 5.84. The van der Waals surface area contributed by atoms with E-state index in [1.165, 1.54) is 6.21 Å². The third-order valence-electron chi connectivity index (χ3n) is 2.26. The Morgan fingerprint density at radius 2 is 1.44 bits per heavy atom. The molecule has 0 aromatic rings. The lowest BCUT2D eigenvalue weighted by Crippen LogP contribution is -1.96. The Morgan fingerprint density at radius 3 is 1.69 bits per heavy atom. The topological polar surface area (TPSA) is 23.9 Å². The molecule has 0 atom stereocenters. The number of rotatable bonds is 5. The maximum Gasteiger partial charge on any atom is 0.0255 e. The highest BCUT2D eigenvalue weighted by Crippen LogP contribution is 2.24. The summed E-state index contributed by atoms with van der Waals surface area (Å²) < 4.78 is 0. The zero-order valence-corrected chi connectivity index (χ0v) is 10.8. The van der Waals surface area contributed by atoms with Crippen LogP contribution in [0.4, 0.5) is 0 Å². The van der Waals surface area contributed by atoms with E-state index in [9.17, 15) is 0 Å². The molecule has 1 heteroatoms. The minimum Gasteiger partial charge on any atom is -0.308 e. The van der Waals surface area contributed by atoms with Crippen molar-refractivity contribution in [2.24, 2.45) is 0 Å². The fourth-order valence-corrected chi connectivity index (χ4v) is 1.49. The molecule has 0 unspecified atom stereocenters. The molecule has 0 amide bonds. The van der Waals surface area contributed by atoms with Gasteiger partial charge in [0.15, 0.2) is 0 Å². The molecule has 0 saturated heterocycles. The first-order valence-corrected chi connectivity index (χ1v) is 5.22. The fourth-order valence-electron chi connectivity index (χ4n) is 1.49. The van der Waals surface area contributed by atoms with Crippen LogP contribution in [0.25, 0.3) is 0 Å². The van der Waals surface area contributed by atoms with Crippen LogP contribution in [-0.4, -0.2) is 6.21 Å². The van der Waals surface area contributed by atoms with Crippen molar-refractivity contribution in [3.05, 3.63) is 59.3 Å². The van der Waals surface area contributed by atoms with Gasteiger partial charge in [-0.2, -0.15) is 0 Å². The van der Waals surface area contributed by atoms with Gasteiger partial charge in [-0.1, -0.05) is 37.0 Å². The van der Waals surface area contributed by atoms with Crippen LogP contribution in [0.1, 0.15) is 27.7 Å². The van der Waals surface area contributed by atoms with Gasteiger partial charge in [0.05, 0.1) is 0 Å². The van der Waals surface area contributed by atoms with Gasteiger partial charge < -0.3 is 5.41 Å². The van der Waals surface area contributed by atoms with Crippen LogP contribution in [0.3, 0.4) is 0 Å². The molecule has 16 heavy (non-hydrogen) atoms. The molecule has 1 N–H and O–H groups in total. The molecular weight excluding hydrogens is 194 g/mol. The quantitative estimate of drug-likeness (QED) is 0.511. The summed E-state index contributed by atoms with van der Waals surface area (Å²) in [7, 11) is 0. The van der Waals surface area contributed by atoms with Gasteiger partial charge >= 0.3 is 0 Å². The summed E-state index contributed by atoms with van der Waals surface area (Å²) in [5.41, 5.74) is 5.76. The average molecular weight is 215 g/mol. The molecule has 0 aliphatic rings. The lowest BCUT2D eigenvalue weighted by molar-refractivity contribution is 1.27. The average Bonchev–Trinajstić information content (AvgIpc) is 2.13. The Bertz CT molecular complexity index is 403. The zero-order chi connectivity index (χ0) is 12.9. The predicted octanol–water partition coefficient (Wildman–Crippen LogP) is 4.61. The number of hydrogen-bond acceptors (Lipinski definition) is 1. The molecule has 0 aromatic heterocycles. The third-order valence-corrected chi connectivity index (χ3v) is 2.26. The molecule has 1 nitrogen and oxygen atoms in total. The van der Waals surface area contributed by atoms with E-state index in [4.69, 9.17) is 5.41 Å². The Hall–Kier alpha value is -1.63. The van der Waals surface area contributed by atoms with Crippen molar-refractivity contribution in [1.82, 2.24) is 0 Å². The second-order valence-electron chi connectivity index (χ2n) is 4.15. The van der Waals surface area contributed by atoms with Crippen LogP contribution in [0.5, 0.6) is 0 Å². The molecule has 0 aliphatic carbocycles. The molecule has 0 saturated carbocycles. The summed E-state index contributed by atoms with van der Waals surface area (Å²) in [6, 6.07) is 0. The van der Waals surface area contributed by atoms with Gasteiger partial charge in [-0.3, -0.25) is 0 Å². The highest BCUT2D eigenvalue weighted by Gasteiger charge is 2.07. The second kappa shape index (κ2) is 6.06. The van der Waals surface area contributed by atoms with Crippen molar-refractivity contribution in [1.29, 1.82) is 5.41 Å². The summed E-state index contributed by atoms with van der Waals surface area (Å²) in [6.07, 6.45) is 3.33. The number of allylic oxidation sites excluding steroid dienone is 7. The molecule has 0 rings (SSSR count). The monoisotopic (exact) mass is 215 g/mol. The van der Waals surface area contributed by atoms with Crippen LogP contribution >= 0.6 is 0 Å². The van der Waals surface area contributed by atoms with E-state index in [-0.39, 0.29) is 0 Å². The van der Waals surface area contributed by atoms with Crippen molar-refractivity contribution >= 4 is 6.21 Å². The van der Waals surface area contributed by atoms with Gasteiger partial charge in [-0.15, -0.1) is 0 Å². The van der Waals surface area contributed by atoms with E-state index in [1.54, 1.807) is 0 Å². The SMILES string of the molecule is C=C(C)/C=C(C(=C)C)/C(C)=C(\C=N)C(=C)C. The minimum atomic E-state index is 0.857. The predicted molar refractivity (Wildman–Crippen MR) is 74.0 cm³/mol. The van der Waals surface area contributed by atoms with Gasteiger partial charge in [0.25, 0.3) is 0 Å². The molecule has 0 radical (unpaired) electrons. The molecule has 0 heterocycles. The summed E-state index contributed by atoms with van der Waals surface area (Å²) in [5.74, 6) is 0. The standard InChI is InChI=1S/C15H21N/c1-10(2)8-14(11(3)4)13(7)15(9-16)12(5)6/h8-9,16H,1,3,5H2,2,4,6-7H3/b14-8+,15-13+,16-9?. The summed E-state index contributed by atoms with van der Waals surface area (Å²) in [6.45, 7) is 19.5. The number of hydrogen-bond donors (Lipinski definition) is 1. The van der Waals surface area contributed by atoms with E-state index in [2.05, 4.69) is 19.7 Å². The summed E-state index contributed by atoms with van der Waals surface area (Å²) in [4.78, 5) is 0. The van der Waals surface area contributed by atoms with Crippen LogP contribution in [0.2, 0.25) is 0 Å². The first-order chi connectivity index (χ1) is 7.31. The molecule has 0 aliphatic heterocycles. The summed E-state index contributed by atoms with van der Waals surface area (Å²) in [5, 5.41) is 7.41. The largest absolute Gasteiger partial charge is 0.308 e. The molecule has 0 spiro atoms. The van der Waals surface area contributed by atoms with Crippen LogP contribution in [-0.2, 0) is 0 Å². The van der Waals surface area contributed by atoms with E-state index in [1.807, 2.05) is 33.8 Å². The molecule has 0 fully saturated rings. The van der Waals surface area contributed by atoms with Crippen LogP contribution < -0.4 is 0 Å². The van der Waals surface area contributed by atoms with Crippen LogP contribution in [0, 0.1) is 5.41 Å². The van der Waals surface area contributed by atoms with Crippen molar-refractivity contribution < 1.29 is 0 Å². The Labute approximate surface area is 99.1 Å². The van der Waals surface area contributed by atoms with E-state index in [0.717, 1.165) is 33.4 Å². The van der Waals surface area contributed by atoms with E-state index in [0.29, 0.717) is 0 Å². The number of nitrogens with one attached hydrogen (secondary N) is 1. The molecule has 86 valence electrons. The fraction of sp³-hybridized carbons (Fsp3) is 0.267. The van der Waals surface area contributed by atoms with Crippen molar-refractivity contribution in [2.45, 2.75) is 27.7 Å². The zero-order valence-electron chi connectivity index (χ0n) is 10.8. The molecular formula is C15H21N. The maximum atomic E-state index is 7.41. The molecule has 0 bridgehead atoms. The van der Waals surface area contributed by atoms with Gasteiger partial charge in [0.1, 0.15) is 0 Å².